The second-order valence-corrected chi connectivity index (χ2v) is 8.69. The topological polar surface area (TPSA) is 85.3 Å². The van der Waals surface area contributed by atoms with Gasteiger partial charge in [0.05, 0.1) is 18.2 Å². The van der Waals surface area contributed by atoms with Gasteiger partial charge in [0.25, 0.3) is 11.7 Å². The van der Waals surface area contributed by atoms with Crippen molar-refractivity contribution in [1.29, 1.82) is 0 Å². The molecule has 0 aliphatic carbocycles. The van der Waals surface area contributed by atoms with Crippen LogP contribution < -0.4 is 14.2 Å². The van der Waals surface area contributed by atoms with Crippen LogP contribution in [0.1, 0.15) is 36.1 Å². The first-order valence-electron chi connectivity index (χ1n) is 12.0. The zero-order valence-electron chi connectivity index (χ0n) is 20.0. The monoisotopic (exact) mass is 485 g/mol. The fraction of sp³-hybridized carbons (Fsp3) is 0.241. The van der Waals surface area contributed by atoms with Crippen molar-refractivity contribution in [3.8, 4) is 17.2 Å². The SMILES string of the molecule is CCCOc1cccc(C2/C(=C(\O)c3ccc4c(c3)OCCO4)C(=O)C(=O)N2Cc2ccccc2)c1. The van der Waals surface area contributed by atoms with E-state index in [4.69, 9.17) is 14.2 Å². The number of carbonyl (C=O) groups is 2. The Morgan fingerprint density at radius 2 is 1.75 bits per heavy atom. The fourth-order valence-corrected chi connectivity index (χ4v) is 4.51. The van der Waals surface area contributed by atoms with Gasteiger partial charge >= 0.3 is 0 Å². The molecule has 3 aromatic carbocycles. The molecule has 0 radical (unpaired) electrons. The molecule has 184 valence electrons. The molecule has 1 amide bonds. The van der Waals surface area contributed by atoms with Crippen molar-refractivity contribution in [3.63, 3.8) is 0 Å². The number of likely N-dealkylation sites (tertiary alicyclic amines) is 1. The zero-order chi connectivity index (χ0) is 25.1. The summed E-state index contributed by atoms with van der Waals surface area (Å²) in [6.07, 6.45) is 0.848. The van der Waals surface area contributed by atoms with Crippen LogP contribution in [0.15, 0.2) is 78.4 Å². The number of fused-ring (bicyclic) bond motifs is 1. The number of Topliss-reactive ketones (excluding diaryl/α,β-unsaturated/α-hetero) is 1. The second kappa shape index (κ2) is 10.2. The number of aliphatic hydroxyl groups is 1. The van der Waals surface area contributed by atoms with Crippen molar-refractivity contribution in [3.05, 3.63) is 95.1 Å². The van der Waals surface area contributed by atoms with Gasteiger partial charge in [-0.3, -0.25) is 9.59 Å². The predicted molar refractivity (Wildman–Crippen MR) is 134 cm³/mol. The van der Waals surface area contributed by atoms with E-state index in [9.17, 15) is 14.7 Å². The van der Waals surface area contributed by atoms with E-state index in [1.54, 1.807) is 18.2 Å². The first-order chi connectivity index (χ1) is 17.6. The third-order valence-electron chi connectivity index (χ3n) is 6.20. The van der Waals surface area contributed by atoms with Gasteiger partial charge in [0.15, 0.2) is 11.5 Å². The van der Waals surface area contributed by atoms with Gasteiger partial charge in [-0.25, -0.2) is 0 Å². The molecule has 2 aliphatic rings. The third kappa shape index (κ3) is 4.52. The lowest BCUT2D eigenvalue weighted by Gasteiger charge is -2.26. The Balaban J connectivity index is 1.62. The summed E-state index contributed by atoms with van der Waals surface area (Å²) in [6.45, 7) is 3.62. The molecule has 1 N–H and O–H groups in total. The number of amides is 1. The number of ether oxygens (including phenoxy) is 3. The first-order valence-corrected chi connectivity index (χ1v) is 12.0. The van der Waals surface area contributed by atoms with Crippen LogP contribution in [0, 0.1) is 0 Å². The smallest absolute Gasteiger partial charge is 0.295 e. The van der Waals surface area contributed by atoms with Gasteiger partial charge in [-0.2, -0.15) is 0 Å². The number of hydrogen-bond donors (Lipinski definition) is 1. The van der Waals surface area contributed by atoms with Crippen molar-refractivity contribution < 1.29 is 28.9 Å². The summed E-state index contributed by atoms with van der Waals surface area (Å²) in [6, 6.07) is 21.0. The summed E-state index contributed by atoms with van der Waals surface area (Å²) in [5.41, 5.74) is 1.96. The summed E-state index contributed by atoms with van der Waals surface area (Å²) in [7, 11) is 0. The van der Waals surface area contributed by atoms with E-state index in [0.29, 0.717) is 48.2 Å². The summed E-state index contributed by atoms with van der Waals surface area (Å²) in [4.78, 5) is 28.1. The van der Waals surface area contributed by atoms with Crippen molar-refractivity contribution in [2.75, 3.05) is 19.8 Å². The lowest BCUT2D eigenvalue weighted by Crippen LogP contribution is -2.29. The molecule has 5 rings (SSSR count). The highest BCUT2D eigenvalue weighted by Gasteiger charge is 2.46. The van der Waals surface area contributed by atoms with Gasteiger partial charge in [-0.1, -0.05) is 49.4 Å². The third-order valence-corrected chi connectivity index (χ3v) is 6.20. The minimum Gasteiger partial charge on any atom is -0.507 e. The molecule has 7 nitrogen and oxygen atoms in total. The van der Waals surface area contributed by atoms with Crippen molar-refractivity contribution in [1.82, 2.24) is 4.90 Å². The highest BCUT2D eigenvalue weighted by Crippen LogP contribution is 2.42. The highest BCUT2D eigenvalue weighted by atomic mass is 16.6. The Kier molecular flexibility index (Phi) is 6.62. The Bertz CT molecular complexity index is 1320. The molecule has 1 atom stereocenters. The molecular formula is C29H27NO6. The number of carbonyl (C=O) groups excluding carboxylic acids is 2. The number of hydrogen-bond acceptors (Lipinski definition) is 6. The molecule has 1 unspecified atom stereocenters. The van der Waals surface area contributed by atoms with Crippen LogP contribution in [0.2, 0.25) is 0 Å². The average molecular weight is 486 g/mol. The van der Waals surface area contributed by atoms with E-state index < -0.39 is 17.7 Å². The molecule has 0 spiro atoms. The second-order valence-electron chi connectivity index (χ2n) is 8.69. The maximum atomic E-state index is 13.4. The van der Waals surface area contributed by atoms with Crippen molar-refractivity contribution >= 4 is 17.4 Å². The molecule has 36 heavy (non-hydrogen) atoms. The van der Waals surface area contributed by atoms with E-state index >= 15 is 0 Å². The Morgan fingerprint density at radius 3 is 2.53 bits per heavy atom. The van der Waals surface area contributed by atoms with Gasteiger partial charge in [0.1, 0.15) is 24.7 Å². The molecule has 0 bridgehead atoms. The Hall–Kier alpha value is -4.26. The summed E-state index contributed by atoms with van der Waals surface area (Å²) in [5, 5.41) is 11.4. The van der Waals surface area contributed by atoms with Gasteiger partial charge in [0, 0.05) is 12.1 Å². The summed E-state index contributed by atoms with van der Waals surface area (Å²) in [5.74, 6) is 0.0331. The maximum absolute atomic E-state index is 13.4. The van der Waals surface area contributed by atoms with E-state index in [0.717, 1.165) is 12.0 Å². The van der Waals surface area contributed by atoms with E-state index in [-0.39, 0.29) is 17.9 Å². The van der Waals surface area contributed by atoms with Crippen LogP contribution in [-0.2, 0) is 16.1 Å². The lowest BCUT2D eigenvalue weighted by molar-refractivity contribution is -0.140. The summed E-state index contributed by atoms with van der Waals surface area (Å²) < 4.78 is 17.0. The molecule has 7 heteroatoms. The van der Waals surface area contributed by atoms with Crippen LogP contribution in [-0.4, -0.2) is 41.5 Å². The van der Waals surface area contributed by atoms with Gasteiger partial charge < -0.3 is 24.2 Å². The Morgan fingerprint density at radius 1 is 0.972 bits per heavy atom. The minimum absolute atomic E-state index is 0.0280. The molecule has 1 saturated heterocycles. The molecule has 2 aliphatic heterocycles. The molecule has 2 heterocycles. The number of rotatable bonds is 7. The van der Waals surface area contributed by atoms with Crippen LogP contribution >= 0.6 is 0 Å². The van der Waals surface area contributed by atoms with E-state index in [1.807, 2.05) is 61.5 Å². The molecule has 0 aromatic heterocycles. The van der Waals surface area contributed by atoms with Crippen LogP contribution in [0.4, 0.5) is 0 Å². The average Bonchev–Trinajstić information content (AvgIpc) is 3.17. The van der Waals surface area contributed by atoms with Gasteiger partial charge in [-0.05, 0) is 47.9 Å². The lowest BCUT2D eigenvalue weighted by atomic mass is 9.94. The number of benzene rings is 3. The van der Waals surface area contributed by atoms with E-state index in [2.05, 4.69) is 0 Å². The van der Waals surface area contributed by atoms with Gasteiger partial charge in [0.2, 0.25) is 0 Å². The molecule has 3 aromatic rings. The molecular weight excluding hydrogens is 458 g/mol. The highest BCUT2D eigenvalue weighted by molar-refractivity contribution is 6.46. The molecule has 1 fully saturated rings. The fourth-order valence-electron chi connectivity index (χ4n) is 4.51. The van der Waals surface area contributed by atoms with Crippen molar-refractivity contribution in [2.45, 2.75) is 25.9 Å². The standard InChI is InChI=1S/C29H27NO6/c1-2-13-34-22-10-6-9-20(16-22)26-25(27(31)21-11-12-23-24(17-21)36-15-14-35-23)28(32)29(33)30(26)18-19-7-4-3-5-8-19/h3-12,16-17,26,31H,2,13-15,18H2,1H3/b27-25+. The number of nitrogens with zero attached hydrogens (tertiary/aromatic N) is 1. The largest absolute Gasteiger partial charge is 0.507 e. The number of ketones is 1. The predicted octanol–water partition coefficient (Wildman–Crippen LogP) is 4.87. The van der Waals surface area contributed by atoms with Gasteiger partial charge in [-0.15, -0.1) is 0 Å². The van der Waals surface area contributed by atoms with Crippen LogP contribution in [0.5, 0.6) is 17.2 Å². The normalized spacial score (nSPS) is 18.4. The van der Waals surface area contributed by atoms with Crippen LogP contribution in [0.25, 0.3) is 5.76 Å². The quantitative estimate of drug-likeness (QED) is 0.292. The Labute approximate surface area is 209 Å². The van der Waals surface area contributed by atoms with Crippen molar-refractivity contribution in [2.24, 2.45) is 0 Å². The summed E-state index contributed by atoms with van der Waals surface area (Å²) >= 11 is 0. The van der Waals surface area contributed by atoms with Crippen LogP contribution in [0.3, 0.4) is 0 Å². The van der Waals surface area contributed by atoms with E-state index in [1.165, 1.54) is 4.90 Å². The zero-order valence-corrected chi connectivity index (χ0v) is 20.0. The number of aliphatic hydroxyl groups excluding tert-OH is 1. The maximum Gasteiger partial charge on any atom is 0.295 e. The minimum atomic E-state index is -0.788. The first kappa shape index (κ1) is 23.5. The molecule has 0 saturated carbocycles.